The Kier molecular flexibility index (Phi) is 4.39. The highest BCUT2D eigenvalue weighted by atomic mass is 16.5. The lowest BCUT2D eigenvalue weighted by atomic mass is 9.71. The standard InChI is InChI=1S/C17H27N3O3/c21-17-6-2-1-5-14(17)10-20(8-7-17)11-15-18-19-16(23-15)13-4-3-9-22-12-13/h13-14,21H,1-12H2. The van der Waals surface area contributed by atoms with E-state index in [9.17, 15) is 5.11 Å². The lowest BCUT2D eigenvalue weighted by Crippen LogP contribution is -2.52. The Bertz CT molecular complexity index is 529. The maximum absolute atomic E-state index is 10.8. The normalized spacial score (nSPS) is 35.9. The van der Waals surface area contributed by atoms with Gasteiger partial charge in [0.25, 0.3) is 0 Å². The largest absolute Gasteiger partial charge is 0.423 e. The summed E-state index contributed by atoms with van der Waals surface area (Å²) < 4.78 is 11.4. The van der Waals surface area contributed by atoms with Gasteiger partial charge in [-0.25, -0.2) is 0 Å². The first-order valence-electron chi connectivity index (χ1n) is 9.08. The Hall–Kier alpha value is -0.980. The van der Waals surface area contributed by atoms with Gasteiger partial charge in [-0.1, -0.05) is 12.8 Å². The molecule has 3 aliphatic rings. The van der Waals surface area contributed by atoms with Gasteiger partial charge in [-0.3, -0.25) is 4.90 Å². The molecule has 0 bridgehead atoms. The lowest BCUT2D eigenvalue weighted by Gasteiger charge is -2.47. The summed E-state index contributed by atoms with van der Waals surface area (Å²) in [7, 11) is 0. The Labute approximate surface area is 137 Å². The molecule has 6 heteroatoms. The second-order valence-corrected chi connectivity index (χ2v) is 7.48. The fraction of sp³-hybridized carbons (Fsp3) is 0.882. The van der Waals surface area contributed by atoms with Crippen LogP contribution in [-0.4, -0.2) is 52.1 Å². The van der Waals surface area contributed by atoms with Crippen molar-refractivity contribution in [2.75, 3.05) is 26.3 Å². The van der Waals surface area contributed by atoms with E-state index in [4.69, 9.17) is 9.15 Å². The molecule has 0 spiro atoms. The van der Waals surface area contributed by atoms with E-state index in [2.05, 4.69) is 15.1 Å². The maximum atomic E-state index is 10.8. The molecule has 0 radical (unpaired) electrons. The van der Waals surface area contributed by atoms with Crippen LogP contribution in [0, 0.1) is 5.92 Å². The van der Waals surface area contributed by atoms with Crippen LogP contribution in [0.2, 0.25) is 0 Å². The first-order chi connectivity index (χ1) is 11.2. The maximum Gasteiger partial charge on any atom is 0.230 e. The molecule has 2 saturated heterocycles. The molecular weight excluding hydrogens is 294 g/mol. The highest BCUT2D eigenvalue weighted by molar-refractivity contribution is 4.97. The average molecular weight is 321 g/mol. The van der Waals surface area contributed by atoms with E-state index in [1.165, 1.54) is 12.8 Å². The van der Waals surface area contributed by atoms with Crippen LogP contribution < -0.4 is 0 Å². The minimum Gasteiger partial charge on any atom is -0.423 e. The number of likely N-dealkylation sites (tertiary alicyclic amines) is 1. The lowest BCUT2D eigenvalue weighted by molar-refractivity contribution is -0.0978. The third-order valence-electron chi connectivity index (χ3n) is 5.86. The Balaban J connectivity index is 1.36. The number of fused-ring (bicyclic) bond motifs is 1. The van der Waals surface area contributed by atoms with Crippen LogP contribution in [0.5, 0.6) is 0 Å². The van der Waals surface area contributed by atoms with Gasteiger partial charge in [-0.2, -0.15) is 0 Å². The summed E-state index contributed by atoms with van der Waals surface area (Å²) in [5.41, 5.74) is -0.422. The van der Waals surface area contributed by atoms with Gasteiger partial charge in [-0.05, 0) is 32.1 Å². The fourth-order valence-electron chi connectivity index (χ4n) is 4.41. The van der Waals surface area contributed by atoms with Crippen molar-refractivity contribution in [3.63, 3.8) is 0 Å². The number of rotatable bonds is 3. The zero-order valence-electron chi connectivity index (χ0n) is 13.7. The molecule has 1 aromatic rings. The zero-order valence-corrected chi connectivity index (χ0v) is 13.7. The predicted octanol–water partition coefficient (Wildman–Crippen LogP) is 2.09. The molecule has 3 fully saturated rings. The van der Waals surface area contributed by atoms with Crippen LogP contribution in [0.1, 0.15) is 62.6 Å². The number of nitrogens with zero attached hydrogens (tertiary/aromatic N) is 3. The highest BCUT2D eigenvalue weighted by Gasteiger charge is 2.42. The van der Waals surface area contributed by atoms with E-state index >= 15 is 0 Å². The number of aliphatic hydroxyl groups is 1. The average Bonchev–Trinajstić information content (AvgIpc) is 3.04. The first-order valence-corrected chi connectivity index (χ1v) is 9.08. The summed E-state index contributed by atoms with van der Waals surface area (Å²) in [5, 5.41) is 19.2. The molecule has 23 heavy (non-hydrogen) atoms. The van der Waals surface area contributed by atoms with Gasteiger partial charge in [0, 0.05) is 25.6 Å². The second kappa shape index (κ2) is 6.49. The van der Waals surface area contributed by atoms with Gasteiger partial charge in [-0.15, -0.1) is 10.2 Å². The summed E-state index contributed by atoms with van der Waals surface area (Å²) in [5.74, 6) is 2.09. The van der Waals surface area contributed by atoms with Crippen LogP contribution in [0.15, 0.2) is 4.42 Å². The molecular formula is C17H27N3O3. The number of ether oxygens (including phenoxy) is 1. The zero-order chi connectivity index (χ0) is 15.7. The molecule has 1 aromatic heterocycles. The third kappa shape index (κ3) is 3.30. The molecule has 3 atom stereocenters. The van der Waals surface area contributed by atoms with Crippen LogP contribution in [-0.2, 0) is 11.3 Å². The van der Waals surface area contributed by atoms with Gasteiger partial charge in [0.2, 0.25) is 11.8 Å². The van der Waals surface area contributed by atoms with Gasteiger partial charge in [0.15, 0.2) is 0 Å². The monoisotopic (exact) mass is 321 g/mol. The van der Waals surface area contributed by atoms with Gasteiger partial charge in [0.1, 0.15) is 0 Å². The van der Waals surface area contributed by atoms with E-state index in [1.807, 2.05) is 0 Å². The van der Waals surface area contributed by atoms with Gasteiger partial charge >= 0.3 is 0 Å². The molecule has 0 amide bonds. The highest BCUT2D eigenvalue weighted by Crippen LogP contribution is 2.40. The first kappa shape index (κ1) is 15.5. The molecule has 3 heterocycles. The summed E-state index contributed by atoms with van der Waals surface area (Å²) in [6.07, 6.45) is 7.53. The molecule has 0 aromatic carbocycles. The van der Waals surface area contributed by atoms with Crippen molar-refractivity contribution in [3.05, 3.63) is 11.8 Å². The van der Waals surface area contributed by atoms with Crippen molar-refractivity contribution in [1.29, 1.82) is 0 Å². The summed E-state index contributed by atoms with van der Waals surface area (Å²) in [6, 6.07) is 0. The Morgan fingerprint density at radius 2 is 2.13 bits per heavy atom. The molecule has 2 aliphatic heterocycles. The molecule has 3 unspecified atom stereocenters. The van der Waals surface area contributed by atoms with E-state index in [0.717, 1.165) is 57.7 Å². The topological polar surface area (TPSA) is 71.6 Å². The van der Waals surface area contributed by atoms with Crippen LogP contribution in [0.25, 0.3) is 0 Å². The summed E-state index contributed by atoms with van der Waals surface area (Å²) >= 11 is 0. The predicted molar refractivity (Wildman–Crippen MR) is 83.9 cm³/mol. The fourth-order valence-corrected chi connectivity index (χ4v) is 4.41. The molecule has 4 rings (SSSR count). The summed E-state index contributed by atoms with van der Waals surface area (Å²) in [6.45, 7) is 4.10. The van der Waals surface area contributed by atoms with Crippen molar-refractivity contribution in [2.45, 2.75) is 63.0 Å². The quantitative estimate of drug-likeness (QED) is 0.919. The van der Waals surface area contributed by atoms with Crippen molar-refractivity contribution in [3.8, 4) is 0 Å². The molecule has 1 aliphatic carbocycles. The number of aromatic nitrogens is 2. The van der Waals surface area contributed by atoms with Gasteiger partial charge < -0.3 is 14.3 Å². The molecule has 6 nitrogen and oxygen atoms in total. The third-order valence-corrected chi connectivity index (χ3v) is 5.86. The van der Waals surface area contributed by atoms with Crippen LogP contribution >= 0.6 is 0 Å². The van der Waals surface area contributed by atoms with Crippen molar-refractivity contribution < 1.29 is 14.3 Å². The van der Waals surface area contributed by atoms with E-state index in [1.54, 1.807) is 0 Å². The van der Waals surface area contributed by atoms with Crippen molar-refractivity contribution >= 4 is 0 Å². The van der Waals surface area contributed by atoms with Crippen LogP contribution in [0.4, 0.5) is 0 Å². The molecule has 128 valence electrons. The van der Waals surface area contributed by atoms with Crippen molar-refractivity contribution in [2.24, 2.45) is 5.92 Å². The number of hydrogen-bond donors (Lipinski definition) is 1. The van der Waals surface area contributed by atoms with Gasteiger partial charge in [0.05, 0.1) is 24.7 Å². The van der Waals surface area contributed by atoms with Crippen molar-refractivity contribution in [1.82, 2.24) is 15.1 Å². The second-order valence-electron chi connectivity index (χ2n) is 7.48. The summed E-state index contributed by atoms with van der Waals surface area (Å²) in [4.78, 5) is 2.36. The smallest absolute Gasteiger partial charge is 0.230 e. The van der Waals surface area contributed by atoms with Crippen LogP contribution in [0.3, 0.4) is 0 Å². The number of hydrogen-bond acceptors (Lipinski definition) is 6. The van der Waals surface area contributed by atoms with E-state index < -0.39 is 5.60 Å². The minimum atomic E-state index is -0.422. The Morgan fingerprint density at radius 3 is 3.00 bits per heavy atom. The minimum absolute atomic E-state index is 0.259. The molecule has 1 N–H and O–H groups in total. The Morgan fingerprint density at radius 1 is 1.17 bits per heavy atom. The SMILES string of the molecule is OC12CCCCC1CN(Cc1nnc(C3CCCOC3)o1)CC2. The van der Waals surface area contributed by atoms with E-state index in [0.29, 0.717) is 25.0 Å². The van der Waals surface area contributed by atoms with E-state index in [-0.39, 0.29) is 5.92 Å². The molecule has 1 saturated carbocycles. The number of piperidine rings is 1.